The molecule has 1 aliphatic heterocycles. The first kappa shape index (κ1) is 24.3. The summed E-state index contributed by atoms with van der Waals surface area (Å²) in [6.07, 6.45) is 2.31. The Labute approximate surface area is 171 Å². The summed E-state index contributed by atoms with van der Waals surface area (Å²) in [5.41, 5.74) is 5.35. The molecule has 1 aromatic carbocycles. The third-order valence-corrected chi connectivity index (χ3v) is 7.07. The first-order valence-electron chi connectivity index (χ1n) is 8.97. The zero-order valence-electron chi connectivity index (χ0n) is 16.0. The van der Waals surface area contributed by atoms with Gasteiger partial charge in [-0.25, -0.2) is 8.42 Å². The number of carbonyl (C=O) groups excluding carboxylic acids is 1. The highest BCUT2D eigenvalue weighted by molar-refractivity contribution is 7.89. The zero-order chi connectivity index (χ0) is 20.2. The van der Waals surface area contributed by atoms with Crippen molar-refractivity contribution in [2.75, 3.05) is 13.1 Å². The van der Waals surface area contributed by atoms with Gasteiger partial charge in [-0.15, -0.1) is 12.4 Å². The predicted molar refractivity (Wildman–Crippen MR) is 108 cm³/mol. The number of hydrogen-bond acceptors (Lipinski definition) is 6. The molecule has 0 aromatic heterocycles. The largest absolute Gasteiger partial charge is 0.353 e. The normalized spacial score (nSPS) is 17.8. The summed E-state index contributed by atoms with van der Waals surface area (Å²) in [4.78, 5) is 22.7. The standard InChI is InChI=1S/C17H26N4O5S.ClH/c1-3-17(18,4-2)12-19-16(22)15-9-6-10-20(15)27(25,26)14-8-5-7-13(11-14)21(23)24;/h5,7-8,11,15H,3-4,6,9-10,12,18H2,1-2H3,(H,19,22);1H. The molecule has 1 aromatic rings. The van der Waals surface area contributed by atoms with E-state index in [1.54, 1.807) is 0 Å². The minimum atomic E-state index is -4.02. The summed E-state index contributed by atoms with van der Waals surface area (Å²) in [6, 6.07) is 4.02. The number of benzene rings is 1. The zero-order valence-corrected chi connectivity index (χ0v) is 17.6. The summed E-state index contributed by atoms with van der Waals surface area (Å²) in [5, 5.41) is 13.7. The van der Waals surface area contributed by atoms with Crippen molar-refractivity contribution in [3.63, 3.8) is 0 Å². The molecular formula is C17H27ClN4O5S. The van der Waals surface area contributed by atoms with Gasteiger partial charge in [-0.2, -0.15) is 4.31 Å². The maximum absolute atomic E-state index is 12.9. The van der Waals surface area contributed by atoms with Crippen molar-refractivity contribution in [2.45, 2.75) is 56.0 Å². The Bertz CT molecular complexity index is 814. The van der Waals surface area contributed by atoms with Crippen LogP contribution in [0.3, 0.4) is 0 Å². The van der Waals surface area contributed by atoms with Gasteiger partial charge in [0.25, 0.3) is 5.69 Å². The molecule has 0 aliphatic carbocycles. The van der Waals surface area contributed by atoms with Gasteiger partial charge in [-0.05, 0) is 31.7 Å². The SMILES string of the molecule is CCC(N)(CC)CNC(=O)C1CCCN1S(=O)(=O)c1cccc([N+](=O)[O-])c1.Cl. The van der Waals surface area contributed by atoms with Crippen LogP contribution in [0.4, 0.5) is 5.69 Å². The number of non-ortho nitro benzene ring substituents is 1. The van der Waals surface area contributed by atoms with Crippen LogP contribution in [0.25, 0.3) is 0 Å². The number of nitrogens with one attached hydrogen (secondary N) is 1. The number of carbonyl (C=O) groups is 1. The fourth-order valence-electron chi connectivity index (χ4n) is 3.06. The Morgan fingerprint density at radius 2 is 2.04 bits per heavy atom. The molecule has 0 spiro atoms. The van der Waals surface area contributed by atoms with Gasteiger partial charge in [0.2, 0.25) is 15.9 Å². The molecule has 1 fully saturated rings. The van der Waals surface area contributed by atoms with Gasteiger partial charge < -0.3 is 11.1 Å². The summed E-state index contributed by atoms with van der Waals surface area (Å²) in [7, 11) is -4.02. The highest BCUT2D eigenvalue weighted by atomic mass is 35.5. The molecule has 11 heteroatoms. The smallest absolute Gasteiger partial charge is 0.270 e. The number of nitrogens with two attached hydrogens (primary N) is 1. The molecule has 1 aliphatic rings. The number of nitro groups is 1. The monoisotopic (exact) mass is 434 g/mol. The van der Waals surface area contributed by atoms with Crippen LogP contribution >= 0.6 is 12.4 Å². The van der Waals surface area contributed by atoms with Crippen molar-refractivity contribution in [3.05, 3.63) is 34.4 Å². The number of sulfonamides is 1. The van der Waals surface area contributed by atoms with E-state index in [1.165, 1.54) is 18.2 Å². The minimum Gasteiger partial charge on any atom is -0.353 e. The van der Waals surface area contributed by atoms with E-state index in [4.69, 9.17) is 5.73 Å². The first-order valence-corrected chi connectivity index (χ1v) is 10.4. The van der Waals surface area contributed by atoms with Crippen LogP contribution in [-0.4, -0.2) is 48.2 Å². The van der Waals surface area contributed by atoms with E-state index < -0.39 is 32.4 Å². The Kier molecular flexibility index (Phi) is 8.36. The van der Waals surface area contributed by atoms with Crippen molar-refractivity contribution in [3.8, 4) is 0 Å². The quantitative estimate of drug-likeness (QED) is 0.473. The number of hydrogen-bond donors (Lipinski definition) is 2. The van der Waals surface area contributed by atoms with E-state index in [-0.39, 0.29) is 36.1 Å². The Morgan fingerprint density at radius 1 is 1.39 bits per heavy atom. The number of nitro benzene ring substituents is 1. The molecule has 9 nitrogen and oxygen atoms in total. The van der Waals surface area contributed by atoms with Gasteiger partial charge in [0, 0.05) is 30.8 Å². The first-order chi connectivity index (χ1) is 12.6. The van der Waals surface area contributed by atoms with Gasteiger partial charge in [-0.3, -0.25) is 14.9 Å². The lowest BCUT2D eigenvalue weighted by molar-refractivity contribution is -0.385. The molecule has 1 amide bonds. The maximum Gasteiger partial charge on any atom is 0.270 e. The lowest BCUT2D eigenvalue weighted by atomic mass is 9.94. The summed E-state index contributed by atoms with van der Waals surface area (Å²) in [6.45, 7) is 4.33. The Hall–Kier alpha value is -1.75. The number of halogens is 1. The molecule has 0 radical (unpaired) electrons. The number of nitrogens with zero attached hydrogens (tertiary/aromatic N) is 2. The van der Waals surface area contributed by atoms with Crippen LogP contribution in [0.1, 0.15) is 39.5 Å². The minimum absolute atomic E-state index is 0. The van der Waals surface area contributed by atoms with Crippen molar-refractivity contribution in [1.29, 1.82) is 0 Å². The van der Waals surface area contributed by atoms with Crippen molar-refractivity contribution >= 4 is 34.0 Å². The average Bonchev–Trinajstić information content (AvgIpc) is 3.16. The molecule has 0 bridgehead atoms. The molecule has 1 unspecified atom stereocenters. The lowest BCUT2D eigenvalue weighted by Gasteiger charge is -2.29. The third-order valence-electron chi connectivity index (χ3n) is 5.16. The highest BCUT2D eigenvalue weighted by Crippen LogP contribution is 2.28. The van der Waals surface area contributed by atoms with Crippen LogP contribution in [0.5, 0.6) is 0 Å². The van der Waals surface area contributed by atoms with Gasteiger partial charge in [0.15, 0.2) is 0 Å². The second-order valence-electron chi connectivity index (χ2n) is 6.82. The summed E-state index contributed by atoms with van der Waals surface area (Å²) >= 11 is 0. The van der Waals surface area contributed by atoms with E-state index >= 15 is 0 Å². The second kappa shape index (κ2) is 9.64. The average molecular weight is 435 g/mol. The fraction of sp³-hybridized carbons (Fsp3) is 0.588. The second-order valence-corrected chi connectivity index (χ2v) is 8.71. The lowest BCUT2D eigenvalue weighted by Crippen LogP contribution is -2.53. The van der Waals surface area contributed by atoms with Gasteiger partial charge >= 0.3 is 0 Å². The number of rotatable bonds is 8. The summed E-state index contributed by atoms with van der Waals surface area (Å²) < 4.78 is 27.0. The molecule has 28 heavy (non-hydrogen) atoms. The fourth-order valence-corrected chi connectivity index (χ4v) is 4.76. The molecule has 1 heterocycles. The predicted octanol–water partition coefficient (Wildman–Crippen LogP) is 1.80. The molecule has 2 rings (SSSR count). The number of amides is 1. The maximum atomic E-state index is 12.9. The third kappa shape index (κ3) is 5.19. The van der Waals surface area contributed by atoms with E-state index in [1.807, 2.05) is 13.8 Å². The van der Waals surface area contributed by atoms with Gasteiger partial charge in [0.05, 0.1) is 9.82 Å². The highest BCUT2D eigenvalue weighted by Gasteiger charge is 2.40. The molecule has 1 atom stereocenters. The molecule has 0 saturated carbocycles. The van der Waals surface area contributed by atoms with Crippen LogP contribution in [0, 0.1) is 10.1 Å². The van der Waals surface area contributed by atoms with Gasteiger partial charge in [-0.1, -0.05) is 19.9 Å². The van der Waals surface area contributed by atoms with E-state index in [9.17, 15) is 23.3 Å². The topological polar surface area (TPSA) is 136 Å². The van der Waals surface area contributed by atoms with Crippen LogP contribution in [0.15, 0.2) is 29.2 Å². The van der Waals surface area contributed by atoms with Crippen LogP contribution in [-0.2, 0) is 14.8 Å². The van der Waals surface area contributed by atoms with Crippen molar-refractivity contribution < 1.29 is 18.1 Å². The van der Waals surface area contributed by atoms with E-state index in [2.05, 4.69) is 5.32 Å². The van der Waals surface area contributed by atoms with Crippen LogP contribution < -0.4 is 11.1 Å². The Balaban J connectivity index is 0.00000392. The Morgan fingerprint density at radius 3 is 2.61 bits per heavy atom. The molecule has 158 valence electrons. The van der Waals surface area contributed by atoms with Crippen molar-refractivity contribution in [2.24, 2.45) is 5.73 Å². The summed E-state index contributed by atoms with van der Waals surface area (Å²) in [5.74, 6) is -0.391. The molecular weight excluding hydrogens is 408 g/mol. The van der Waals surface area contributed by atoms with E-state index in [0.29, 0.717) is 25.7 Å². The molecule has 1 saturated heterocycles. The molecule has 3 N–H and O–H groups in total. The van der Waals surface area contributed by atoms with E-state index in [0.717, 1.165) is 10.4 Å². The van der Waals surface area contributed by atoms with Gasteiger partial charge in [0.1, 0.15) is 6.04 Å². The van der Waals surface area contributed by atoms with Crippen molar-refractivity contribution in [1.82, 2.24) is 9.62 Å². The van der Waals surface area contributed by atoms with Crippen LogP contribution in [0.2, 0.25) is 0 Å².